The summed E-state index contributed by atoms with van der Waals surface area (Å²) >= 11 is 0. The third-order valence-corrected chi connectivity index (χ3v) is 8.82. The van der Waals surface area contributed by atoms with Crippen molar-refractivity contribution in [3.8, 4) is 0 Å². The van der Waals surface area contributed by atoms with Crippen molar-refractivity contribution >= 4 is 14.0 Å². The largest absolute Gasteiger partial charge is 0.458 e. The molecular weight excluding hydrogens is 244 g/mol. The lowest BCUT2D eigenvalue weighted by molar-refractivity contribution is -0.144. The average Bonchev–Trinajstić information content (AvgIpc) is 2.37. The lowest BCUT2D eigenvalue weighted by Crippen LogP contribution is -2.29. The van der Waals surface area contributed by atoms with Crippen LogP contribution in [0.25, 0.3) is 0 Å². The van der Waals surface area contributed by atoms with Crippen LogP contribution in [0.4, 0.5) is 0 Å². The first-order chi connectivity index (χ1) is 8.53. The van der Waals surface area contributed by atoms with Crippen molar-refractivity contribution in [2.24, 2.45) is 0 Å². The molecule has 1 atom stereocenters. The molecule has 0 fully saturated rings. The van der Waals surface area contributed by atoms with E-state index in [1.807, 2.05) is 0 Å². The molecule has 0 N–H and O–H groups in total. The molecule has 0 saturated carbocycles. The van der Waals surface area contributed by atoms with E-state index in [4.69, 9.17) is 9.47 Å². The maximum Gasteiger partial charge on any atom is 0.303 e. The molecule has 1 unspecified atom stereocenters. The van der Waals surface area contributed by atoms with E-state index in [1.54, 1.807) is 7.11 Å². The van der Waals surface area contributed by atoms with E-state index in [1.165, 1.54) is 25.1 Å². The fourth-order valence-corrected chi connectivity index (χ4v) is 4.89. The molecule has 3 nitrogen and oxygen atoms in total. The van der Waals surface area contributed by atoms with Crippen molar-refractivity contribution in [1.29, 1.82) is 0 Å². The highest BCUT2D eigenvalue weighted by Gasteiger charge is 2.23. The third kappa shape index (κ3) is 6.35. The molecule has 4 heteroatoms. The topological polar surface area (TPSA) is 35.5 Å². The van der Waals surface area contributed by atoms with Gasteiger partial charge in [0.2, 0.25) is 0 Å². The maximum absolute atomic E-state index is 11.1. The van der Waals surface area contributed by atoms with Gasteiger partial charge >= 0.3 is 5.97 Å². The molecule has 0 aliphatic rings. The van der Waals surface area contributed by atoms with E-state index in [0.29, 0.717) is 6.61 Å². The van der Waals surface area contributed by atoms with Crippen LogP contribution in [0.15, 0.2) is 11.8 Å². The molecule has 106 valence electrons. The molecular formula is C14H28O3Si. The number of carbonyl (C=O) groups is 1. The molecule has 0 aromatic rings. The van der Waals surface area contributed by atoms with Crippen LogP contribution in [0.2, 0.25) is 18.1 Å². The Morgan fingerprint density at radius 2 is 1.78 bits per heavy atom. The van der Waals surface area contributed by atoms with Gasteiger partial charge in [0, 0.05) is 20.5 Å². The average molecular weight is 272 g/mol. The molecule has 0 bridgehead atoms. The third-order valence-electron chi connectivity index (χ3n) is 3.70. The van der Waals surface area contributed by atoms with Crippen molar-refractivity contribution in [3.63, 3.8) is 0 Å². The highest BCUT2D eigenvalue weighted by molar-refractivity contribution is 6.84. The molecule has 0 aliphatic carbocycles. The fraction of sp³-hybridized carbons (Fsp3) is 0.786. The number of methoxy groups -OCH3 is 1. The van der Waals surface area contributed by atoms with Crippen molar-refractivity contribution in [1.82, 2.24) is 0 Å². The predicted molar refractivity (Wildman–Crippen MR) is 78.4 cm³/mol. The summed E-state index contributed by atoms with van der Waals surface area (Å²) in [5, 5.41) is 0. The van der Waals surface area contributed by atoms with E-state index < -0.39 is 8.07 Å². The molecule has 0 rings (SSSR count). The van der Waals surface area contributed by atoms with E-state index in [-0.39, 0.29) is 12.1 Å². The summed E-state index contributed by atoms with van der Waals surface area (Å²) in [6.07, 6.45) is 2.68. The molecule has 0 heterocycles. The Labute approximate surface area is 113 Å². The van der Waals surface area contributed by atoms with Crippen LogP contribution >= 0.6 is 0 Å². The summed E-state index contributed by atoms with van der Waals surface area (Å²) in [4.78, 5) is 11.1. The van der Waals surface area contributed by atoms with Gasteiger partial charge in [-0.05, 0) is 0 Å². The Morgan fingerprint density at radius 3 is 2.17 bits per heavy atom. The number of esters is 1. The molecule has 0 amide bonds. The first kappa shape index (κ1) is 17.4. The highest BCUT2D eigenvalue weighted by Crippen LogP contribution is 2.22. The van der Waals surface area contributed by atoms with Gasteiger partial charge < -0.3 is 9.47 Å². The van der Waals surface area contributed by atoms with Crippen LogP contribution in [0.1, 0.15) is 34.1 Å². The van der Waals surface area contributed by atoms with Gasteiger partial charge in [0.05, 0.1) is 14.7 Å². The molecule has 18 heavy (non-hydrogen) atoms. The van der Waals surface area contributed by atoms with Crippen molar-refractivity contribution < 1.29 is 14.3 Å². The first-order valence-corrected chi connectivity index (χ1v) is 9.59. The number of ether oxygens (including phenoxy) is 2. The Hall–Kier alpha value is -0.613. The van der Waals surface area contributed by atoms with Gasteiger partial charge in [0.25, 0.3) is 0 Å². The SMILES string of the molecule is CC[Si](/C=C/C(CCOC)OC(C)=O)(CC)CC. The van der Waals surface area contributed by atoms with Crippen LogP contribution in [0, 0.1) is 0 Å². The number of rotatable bonds is 9. The van der Waals surface area contributed by atoms with Gasteiger partial charge in [-0.15, -0.1) is 0 Å². The minimum atomic E-state index is -1.28. The number of hydrogen-bond acceptors (Lipinski definition) is 3. The molecule has 0 radical (unpaired) electrons. The van der Waals surface area contributed by atoms with E-state index >= 15 is 0 Å². The van der Waals surface area contributed by atoms with Crippen molar-refractivity contribution in [3.05, 3.63) is 11.8 Å². The molecule has 0 aromatic heterocycles. The molecule has 0 saturated heterocycles. The quantitative estimate of drug-likeness (QED) is 0.475. The Kier molecular flexibility index (Phi) is 9.02. The van der Waals surface area contributed by atoms with E-state index in [0.717, 1.165) is 6.42 Å². The second-order valence-corrected chi connectivity index (χ2v) is 9.89. The summed E-state index contributed by atoms with van der Waals surface area (Å²) < 4.78 is 10.3. The van der Waals surface area contributed by atoms with Crippen LogP contribution in [-0.2, 0) is 14.3 Å². The zero-order chi connectivity index (χ0) is 14.0. The summed E-state index contributed by atoms with van der Waals surface area (Å²) in [7, 11) is 0.381. The molecule has 0 aromatic carbocycles. The van der Waals surface area contributed by atoms with Gasteiger partial charge in [-0.1, -0.05) is 50.7 Å². The van der Waals surface area contributed by atoms with Gasteiger partial charge in [-0.25, -0.2) is 0 Å². The number of carbonyl (C=O) groups excluding carboxylic acids is 1. The van der Waals surface area contributed by atoms with Crippen molar-refractivity contribution in [2.45, 2.75) is 58.4 Å². The van der Waals surface area contributed by atoms with Crippen LogP contribution in [-0.4, -0.2) is 33.9 Å². The van der Waals surface area contributed by atoms with E-state index in [9.17, 15) is 4.79 Å². The Morgan fingerprint density at radius 1 is 1.22 bits per heavy atom. The Bertz CT molecular complexity index is 252. The number of hydrogen-bond donors (Lipinski definition) is 0. The van der Waals surface area contributed by atoms with Crippen molar-refractivity contribution in [2.75, 3.05) is 13.7 Å². The monoisotopic (exact) mass is 272 g/mol. The van der Waals surface area contributed by atoms with Crippen LogP contribution in [0.5, 0.6) is 0 Å². The van der Waals surface area contributed by atoms with Gasteiger partial charge in [-0.2, -0.15) is 0 Å². The minimum absolute atomic E-state index is 0.140. The summed E-state index contributed by atoms with van der Waals surface area (Å²) in [6.45, 7) is 8.86. The lowest BCUT2D eigenvalue weighted by atomic mass is 10.2. The smallest absolute Gasteiger partial charge is 0.303 e. The minimum Gasteiger partial charge on any atom is -0.458 e. The van der Waals surface area contributed by atoms with Gasteiger partial charge in [-0.3, -0.25) is 4.79 Å². The van der Waals surface area contributed by atoms with E-state index in [2.05, 4.69) is 32.5 Å². The standard InChI is InChI=1S/C14H28O3Si/c1-6-18(7-2,8-3)12-10-14(9-11-16-5)17-13(4)15/h10,12,14H,6-9,11H2,1-5H3/b12-10+. The lowest BCUT2D eigenvalue weighted by Gasteiger charge is -2.24. The zero-order valence-electron chi connectivity index (χ0n) is 12.5. The summed E-state index contributed by atoms with van der Waals surface area (Å²) in [6, 6.07) is 3.73. The zero-order valence-corrected chi connectivity index (χ0v) is 13.5. The second kappa shape index (κ2) is 9.33. The fourth-order valence-electron chi connectivity index (χ4n) is 2.06. The van der Waals surface area contributed by atoms with Gasteiger partial charge in [0.1, 0.15) is 6.10 Å². The molecule has 0 aliphatic heterocycles. The van der Waals surface area contributed by atoms with Crippen LogP contribution < -0.4 is 0 Å². The predicted octanol–water partition coefficient (Wildman–Crippen LogP) is 3.56. The first-order valence-electron chi connectivity index (χ1n) is 6.89. The summed E-state index contributed by atoms with van der Waals surface area (Å²) in [5.41, 5.74) is 2.36. The highest BCUT2D eigenvalue weighted by atomic mass is 28.3. The van der Waals surface area contributed by atoms with Crippen LogP contribution in [0.3, 0.4) is 0 Å². The second-order valence-electron chi connectivity index (χ2n) is 4.71. The Balaban J connectivity index is 4.65. The molecule has 0 spiro atoms. The summed E-state index contributed by atoms with van der Waals surface area (Å²) in [5.74, 6) is -0.225. The normalized spacial score (nSPS) is 13.8. The van der Waals surface area contributed by atoms with Gasteiger partial charge in [0.15, 0.2) is 0 Å². The maximum atomic E-state index is 11.1.